The lowest BCUT2D eigenvalue weighted by Gasteiger charge is -2.27. The lowest BCUT2D eigenvalue weighted by Crippen LogP contribution is -2.26. The van der Waals surface area contributed by atoms with Crippen LogP contribution < -0.4 is 4.90 Å². The van der Waals surface area contributed by atoms with Crippen LogP contribution in [-0.2, 0) is 0 Å². The minimum atomic E-state index is 0.551. The fraction of sp³-hybridized carbons (Fsp3) is 0.538. The van der Waals surface area contributed by atoms with Gasteiger partial charge in [0.25, 0.3) is 0 Å². The monoisotopic (exact) mass is 191 g/mol. The minimum absolute atomic E-state index is 0.551. The van der Waals surface area contributed by atoms with Gasteiger partial charge in [0.05, 0.1) is 0 Å². The molecule has 0 unspecified atom stereocenters. The molecule has 0 N–H and O–H groups in total. The Labute approximate surface area is 87.7 Å². The molecule has 1 rings (SSSR count). The van der Waals surface area contributed by atoms with Crippen molar-refractivity contribution < 1.29 is 0 Å². The SMILES string of the molecule is CC(C)c1ccccc1N(C)C(C)C. The van der Waals surface area contributed by atoms with Gasteiger partial charge in [-0.25, -0.2) is 0 Å². The van der Waals surface area contributed by atoms with E-state index in [9.17, 15) is 0 Å². The summed E-state index contributed by atoms with van der Waals surface area (Å²) >= 11 is 0. The zero-order valence-corrected chi connectivity index (χ0v) is 9.91. The number of hydrogen-bond donors (Lipinski definition) is 0. The first-order valence-corrected chi connectivity index (χ1v) is 5.35. The Kier molecular flexibility index (Phi) is 3.56. The molecule has 78 valence electrons. The molecule has 0 saturated heterocycles. The fourth-order valence-corrected chi connectivity index (χ4v) is 1.58. The van der Waals surface area contributed by atoms with Crippen LogP contribution in [0, 0.1) is 0 Å². The maximum Gasteiger partial charge on any atom is 0.0401 e. The number of hydrogen-bond acceptors (Lipinski definition) is 1. The van der Waals surface area contributed by atoms with Crippen LogP contribution in [0.25, 0.3) is 0 Å². The zero-order chi connectivity index (χ0) is 10.7. The predicted molar refractivity (Wildman–Crippen MR) is 64.1 cm³/mol. The van der Waals surface area contributed by atoms with Crippen molar-refractivity contribution in [2.45, 2.75) is 39.7 Å². The summed E-state index contributed by atoms with van der Waals surface area (Å²) in [6.45, 7) is 8.92. The maximum absolute atomic E-state index is 2.33. The lowest BCUT2D eigenvalue weighted by atomic mass is 10.0. The Hall–Kier alpha value is -0.980. The van der Waals surface area contributed by atoms with Crippen LogP contribution in [0.15, 0.2) is 24.3 Å². The molecule has 0 aliphatic carbocycles. The molecule has 0 spiro atoms. The van der Waals surface area contributed by atoms with Crippen molar-refractivity contribution in [3.63, 3.8) is 0 Å². The van der Waals surface area contributed by atoms with E-state index in [1.807, 2.05) is 0 Å². The molecule has 0 aliphatic rings. The average Bonchev–Trinajstić information content (AvgIpc) is 2.16. The second-order valence-electron chi connectivity index (χ2n) is 4.42. The van der Waals surface area contributed by atoms with Crippen molar-refractivity contribution in [1.29, 1.82) is 0 Å². The molecule has 0 amide bonds. The molecule has 0 radical (unpaired) electrons. The van der Waals surface area contributed by atoms with Crippen LogP contribution >= 0.6 is 0 Å². The van der Waals surface area contributed by atoms with Gasteiger partial charge >= 0.3 is 0 Å². The molecule has 1 heteroatoms. The highest BCUT2D eigenvalue weighted by molar-refractivity contribution is 5.54. The highest BCUT2D eigenvalue weighted by Gasteiger charge is 2.11. The first-order valence-electron chi connectivity index (χ1n) is 5.35. The largest absolute Gasteiger partial charge is 0.372 e. The third-order valence-electron chi connectivity index (χ3n) is 2.71. The third-order valence-corrected chi connectivity index (χ3v) is 2.71. The van der Waals surface area contributed by atoms with Gasteiger partial charge in [0.1, 0.15) is 0 Å². The lowest BCUT2D eigenvalue weighted by molar-refractivity contribution is 0.741. The molecule has 0 fully saturated rings. The Morgan fingerprint density at radius 1 is 1.00 bits per heavy atom. The minimum Gasteiger partial charge on any atom is -0.372 e. The van der Waals surface area contributed by atoms with Crippen LogP contribution in [0.4, 0.5) is 5.69 Å². The fourth-order valence-electron chi connectivity index (χ4n) is 1.58. The summed E-state index contributed by atoms with van der Waals surface area (Å²) < 4.78 is 0. The summed E-state index contributed by atoms with van der Waals surface area (Å²) in [5.74, 6) is 0.590. The first-order chi connectivity index (χ1) is 6.54. The van der Waals surface area contributed by atoms with Gasteiger partial charge in [-0.2, -0.15) is 0 Å². The third kappa shape index (κ3) is 2.28. The molecule has 1 aromatic carbocycles. The summed E-state index contributed by atoms with van der Waals surface area (Å²) in [5.41, 5.74) is 2.79. The summed E-state index contributed by atoms with van der Waals surface area (Å²) in [6, 6.07) is 9.20. The quantitative estimate of drug-likeness (QED) is 0.705. The van der Waals surface area contributed by atoms with Gasteiger partial charge in [-0.15, -0.1) is 0 Å². The molecule has 14 heavy (non-hydrogen) atoms. The number of nitrogens with zero attached hydrogens (tertiary/aromatic N) is 1. The molecule has 0 aliphatic heterocycles. The van der Waals surface area contributed by atoms with Crippen molar-refractivity contribution in [3.8, 4) is 0 Å². The summed E-state index contributed by atoms with van der Waals surface area (Å²) in [5, 5.41) is 0. The van der Waals surface area contributed by atoms with E-state index in [0.29, 0.717) is 12.0 Å². The molecule has 1 aromatic rings. The topological polar surface area (TPSA) is 3.24 Å². The Bertz CT molecular complexity index is 289. The first kappa shape index (κ1) is 11.1. The summed E-state index contributed by atoms with van der Waals surface area (Å²) in [6.07, 6.45) is 0. The normalized spacial score (nSPS) is 11.1. The van der Waals surface area contributed by atoms with Gasteiger partial charge in [-0.05, 0) is 31.4 Å². The standard InChI is InChI=1S/C13H21N/c1-10(2)12-8-6-7-9-13(12)14(5)11(3)4/h6-11H,1-5H3. The Balaban J connectivity index is 3.06. The van der Waals surface area contributed by atoms with Gasteiger partial charge < -0.3 is 4.90 Å². The van der Waals surface area contributed by atoms with Crippen molar-refractivity contribution >= 4 is 5.69 Å². The number of rotatable bonds is 3. The number of benzene rings is 1. The van der Waals surface area contributed by atoms with E-state index in [1.54, 1.807) is 0 Å². The van der Waals surface area contributed by atoms with Crippen molar-refractivity contribution in [3.05, 3.63) is 29.8 Å². The van der Waals surface area contributed by atoms with Crippen molar-refractivity contribution in [2.75, 3.05) is 11.9 Å². The average molecular weight is 191 g/mol. The van der Waals surface area contributed by atoms with Crippen LogP contribution in [0.5, 0.6) is 0 Å². The summed E-state index contributed by atoms with van der Waals surface area (Å²) in [4.78, 5) is 2.33. The molecule has 0 heterocycles. The van der Waals surface area contributed by atoms with E-state index in [1.165, 1.54) is 11.3 Å². The van der Waals surface area contributed by atoms with E-state index < -0.39 is 0 Å². The molecule has 0 bridgehead atoms. The van der Waals surface area contributed by atoms with Crippen LogP contribution in [0.1, 0.15) is 39.2 Å². The van der Waals surface area contributed by atoms with E-state index in [0.717, 1.165) is 0 Å². The second kappa shape index (κ2) is 4.50. The molecule has 0 aromatic heterocycles. The zero-order valence-electron chi connectivity index (χ0n) is 9.91. The van der Waals surface area contributed by atoms with Crippen LogP contribution in [0.3, 0.4) is 0 Å². The predicted octanol–water partition coefficient (Wildman–Crippen LogP) is 3.65. The van der Waals surface area contributed by atoms with Gasteiger partial charge in [-0.3, -0.25) is 0 Å². The van der Waals surface area contributed by atoms with E-state index >= 15 is 0 Å². The van der Waals surface area contributed by atoms with E-state index in [2.05, 4.69) is 63.9 Å². The van der Waals surface area contributed by atoms with E-state index in [-0.39, 0.29) is 0 Å². The van der Waals surface area contributed by atoms with Gasteiger partial charge in [0.15, 0.2) is 0 Å². The van der Waals surface area contributed by atoms with Gasteiger partial charge in [-0.1, -0.05) is 32.0 Å². The Morgan fingerprint density at radius 2 is 1.57 bits per heavy atom. The molecule has 1 nitrogen and oxygen atoms in total. The second-order valence-corrected chi connectivity index (χ2v) is 4.42. The maximum atomic E-state index is 2.33. The number of anilines is 1. The Morgan fingerprint density at radius 3 is 2.07 bits per heavy atom. The van der Waals surface area contributed by atoms with Crippen LogP contribution in [0.2, 0.25) is 0 Å². The van der Waals surface area contributed by atoms with Gasteiger partial charge in [0, 0.05) is 18.8 Å². The van der Waals surface area contributed by atoms with E-state index in [4.69, 9.17) is 0 Å². The van der Waals surface area contributed by atoms with Crippen LogP contribution in [-0.4, -0.2) is 13.1 Å². The van der Waals surface area contributed by atoms with Gasteiger partial charge in [0.2, 0.25) is 0 Å². The highest BCUT2D eigenvalue weighted by atomic mass is 15.1. The number of para-hydroxylation sites is 1. The van der Waals surface area contributed by atoms with Crippen molar-refractivity contribution in [1.82, 2.24) is 0 Å². The molecule has 0 atom stereocenters. The van der Waals surface area contributed by atoms with Crippen molar-refractivity contribution in [2.24, 2.45) is 0 Å². The smallest absolute Gasteiger partial charge is 0.0401 e. The molecular formula is C13H21N. The molecule has 0 saturated carbocycles. The molecular weight excluding hydrogens is 170 g/mol. The highest BCUT2D eigenvalue weighted by Crippen LogP contribution is 2.27. The summed E-state index contributed by atoms with van der Waals surface area (Å²) in [7, 11) is 2.16.